The summed E-state index contributed by atoms with van der Waals surface area (Å²) in [4.78, 5) is 7.22. The van der Waals surface area contributed by atoms with Gasteiger partial charge in [-0.3, -0.25) is 0 Å². The SMILES string of the molecule is CC1=NC(C(F)(F)F)(C(F)(F)F)N=C(c2ccccc2)N1Cc1ccco1. The smallest absolute Gasteiger partial charge is 0.443 e. The second kappa shape index (κ2) is 6.43. The molecule has 2 heterocycles. The van der Waals surface area contributed by atoms with Crippen molar-refractivity contribution in [2.45, 2.75) is 31.5 Å². The number of aliphatic imine (C=N–C) groups is 2. The topological polar surface area (TPSA) is 41.1 Å². The molecule has 0 radical (unpaired) electrons. The summed E-state index contributed by atoms with van der Waals surface area (Å²) in [6, 6.07) is 10.4. The Bertz CT molecular complexity index is 839. The van der Waals surface area contributed by atoms with Crippen molar-refractivity contribution >= 4 is 11.7 Å². The molecule has 0 fully saturated rings. The minimum atomic E-state index is -5.76. The third-order valence-electron chi connectivity index (χ3n) is 3.95. The van der Waals surface area contributed by atoms with Crippen LogP contribution in [0.5, 0.6) is 0 Å². The summed E-state index contributed by atoms with van der Waals surface area (Å²) in [5.74, 6) is -0.635. The van der Waals surface area contributed by atoms with Crippen LogP contribution in [0.1, 0.15) is 18.2 Å². The fourth-order valence-electron chi connectivity index (χ4n) is 2.66. The van der Waals surface area contributed by atoms with Crippen LogP contribution in [0.3, 0.4) is 0 Å². The lowest BCUT2D eigenvalue weighted by Crippen LogP contribution is -2.59. The first-order chi connectivity index (χ1) is 12.6. The molecule has 0 amide bonds. The molecule has 1 aliphatic heterocycles. The Hall–Kier alpha value is -2.78. The molecule has 0 atom stereocenters. The Morgan fingerprint density at radius 1 is 0.926 bits per heavy atom. The lowest BCUT2D eigenvalue weighted by molar-refractivity contribution is -0.293. The van der Waals surface area contributed by atoms with Crippen molar-refractivity contribution in [1.82, 2.24) is 4.90 Å². The van der Waals surface area contributed by atoms with Crippen molar-refractivity contribution < 1.29 is 30.8 Å². The van der Waals surface area contributed by atoms with Crippen molar-refractivity contribution in [2.24, 2.45) is 9.98 Å². The highest BCUT2D eigenvalue weighted by Crippen LogP contribution is 2.49. The van der Waals surface area contributed by atoms with Crippen molar-refractivity contribution in [1.29, 1.82) is 0 Å². The second-order valence-corrected chi connectivity index (χ2v) is 5.79. The zero-order chi connectivity index (χ0) is 19.9. The van der Waals surface area contributed by atoms with E-state index >= 15 is 0 Å². The number of furan rings is 1. The van der Waals surface area contributed by atoms with Gasteiger partial charge in [0.2, 0.25) is 0 Å². The van der Waals surface area contributed by atoms with Gasteiger partial charge >= 0.3 is 18.0 Å². The molecule has 1 aromatic heterocycles. The van der Waals surface area contributed by atoms with Crippen LogP contribution >= 0.6 is 0 Å². The number of nitrogens with zero attached hydrogens (tertiary/aromatic N) is 3. The van der Waals surface area contributed by atoms with Crippen molar-refractivity contribution in [3.05, 3.63) is 60.1 Å². The first kappa shape index (κ1) is 19.0. The number of hydrogen-bond donors (Lipinski definition) is 0. The first-order valence-corrected chi connectivity index (χ1v) is 7.70. The molecule has 4 nitrogen and oxygen atoms in total. The summed E-state index contributed by atoms with van der Waals surface area (Å²) in [6.07, 6.45) is -10.2. The normalized spacial score (nSPS) is 17.5. The van der Waals surface area contributed by atoms with E-state index in [1.807, 2.05) is 0 Å². The number of rotatable bonds is 3. The summed E-state index contributed by atoms with van der Waals surface area (Å²) in [5.41, 5.74) is -4.47. The molecule has 3 rings (SSSR count). The van der Waals surface area contributed by atoms with Gasteiger partial charge in [-0.15, -0.1) is 0 Å². The predicted molar refractivity (Wildman–Crippen MR) is 85.2 cm³/mol. The highest BCUT2D eigenvalue weighted by atomic mass is 19.4. The summed E-state index contributed by atoms with van der Waals surface area (Å²) in [6.45, 7) is 0.953. The molecule has 0 aliphatic carbocycles. The third-order valence-corrected chi connectivity index (χ3v) is 3.95. The maximum absolute atomic E-state index is 13.5. The molecule has 1 aromatic carbocycles. The Morgan fingerprint density at radius 3 is 2.07 bits per heavy atom. The summed E-state index contributed by atoms with van der Waals surface area (Å²) < 4.78 is 86.1. The molecule has 2 aromatic rings. The Kier molecular flexibility index (Phi) is 4.52. The van der Waals surface area contributed by atoms with Gasteiger partial charge in [0, 0.05) is 5.56 Å². The van der Waals surface area contributed by atoms with Crippen molar-refractivity contribution in [2.75, 3.05) is 0 Å². The van der Waals surface area contributed by atoms with E-state index in [0.29, 0.717) is 5.76 Å². The molecule has 27 heavy (non-hydrogen) atoms. The van der Waals surface area contributed by atoms with E-state index in [4.69, 9.17) is 4.42 Å². The van der Waals surface area contributed by atoms with Gasteiger partial charge in [-0.2, -0.15) is 26.3 Å². The maximum Gasteiger partial charge on any atom is 0.443 e. The zero-order valence-electron chi connectivity index (χ0n) is 13.8. The van der Waals surface area contributed by atoms with Crippen LogP contribution in [0.25, 0.3) is 0 Å². The first-order valence-electron chi connectivity index (χ1n) is 7.70. The molecule has 0 spiro atoms. The quantitative estimate of drug-likeness (QED) is 0.709. The molecule has 1 aliphatic rings. The molecule has 0 N–H and O–H groups in total. The number of amidine groups is 2. The summed E-state index contributed by atoms with van der Waals surface area (Å²) in [5, 5.41) is 0. The second-order valence-electron chi connectivity index (χ2n) is 5.79. The predicted octanol–water partition coefficient (Wildman–Crippen LogP) is 4.78. The summed E-state index contributed by atoms with van der Waals surface area (Å²) in [7, 11) is 0. The van der Waals surface area contributed by atoms with Gasteiger partial charge in [0.25, 0.3) is 0 Å². The van der Waals surface area contributed by atoms with Gasteiger partial charge in [0.1, 0.15) is 17.4 Å². The fraction of sp³-hybridized carbons (Fsp3) is 0.294. The monoisotopic (exact) mass is 389 g/mol. The van der Waals surface area contributed by atoms with Gasteiger partial charge in [0.05, 0.1) is 12.8 Å². The van der Waals surface area contributed by atoms with Crippen LogP contribution in [0.2, 0.25) is 0 Å². The van der Waals surface area contributed by atoms with Crippen LogP contribution in [0, 0.1) is 0 Å². The van der Waals surface area contributed by atoms with Gasteiger partial charge in [0.15, 0.2) is 0 Å². The number of hydrogen-bond acceptors (Lipinski definition) is 4. The Labute approximate surface area is 149 Å². The van der Waals surface area contributed by atoms with E-state index in [0.717, 1.165) is 11.8 Å². The molecular formula is C17H13F6N3O. The van der Waals surface area contributed by atoms with Gasteiger partial charge in [-0.1, -0.05) is 30.3 Å². The van der Waals surface area contributed by atoms with E-state index in [-0.39, 0.29) is 12.1 Å². The Balaban J connectivity index is 2.20. The number of halogens is 6. The van der Waals surface area contributed by atoms with E-state index in [1.54, 1.807) is 18.2 Å². The van der Waals surface area contributed by atoms with Crippen LogP contribution in [0.15, 0.2) is 63.1 Å². The fourth-order valence-corrected chi connectivity index (χ4v) is 2.66. The lowest BCUT2D eigenvalue weighted by Gasteiger charge is -2.38. The molecular weight excluding hydrogens is 376 g/mol. The molecule has 0 saturated heterocycles. The molecule has 0 bridgehead atoms. The lowest BCUT2D eigenvalue weighted by atomic mass is 10.1. The Morgan fingerprint density at radius 2 is 1.56 bits per heavy atom. The average Bonchev–Trinajstić information content (AvgIpc) is 3.08. The molecule has 144 valence electrons. The third kappa shape index (κ3) is 3.31. The van der Waals surface area contributed by atoms with Crippen LogP contribution in [-0.4, -0.2) is 34.6 Å². The minimum absolute atomic E-state index is 0.0937. The maximum atomic E-state index is 13.5. The van der Waals surface area contributed by atoms with Crippen LogP contribution in [-0.2, 0) is 6.54 Å². The van der Waals surface area contributed by atoms with Crippen molar-refractivity contribution in [3.63, 3.8) is 0 Å². The van der Waals surface area contributed by atoms with Gasteiger partial charge in [-0.05, 0) is 19.1 Å². The molecule has 0 saturated carbocycles. The highest BCUT2D eigenvalue weighted by molar-refractivity contribution is 6.10. The van der Waals surface area contributed by atoms with Gasteiger partial charge in [-0.25, -0.2) is 9.98 Å². The van der Waals surface area contributed by atoms with Gasteiger partial charge < -0.3 is 9.32 Å². The highest BCUT2D eigenvalue weighted by Gasteiger charge is 2.73. The average molecular weight is 389 g/mol. The van der Waals surface area contributed by atoms with Crippen LogP contribution in [0.4, 0.5) is 26.3 Å². The van der Waals surface area contributed by atoms with E-state index in [9.17, 15) is 26.3 Å². The van der Waals surface area contributed by atoms with Crippen molar-refractivity contribution in [3.8, 4) is 0 Å². The molecule has 10 heteroatoms. The molecule has 0 unspecified atom stereocenters. The van der Waals surface area contributed by atoms with Crippen LogP contribution < -0.4 is 0 Å². The zero-order valence-corrected chi connectivity index (χ0v) is 13.8. The number of benzene rings is 1. The number of alkyl halides is 6. The standard InChI is InChI=1S/C17H13F6N3O/c1-11-24-15(16(18,19)20,17(21,22)23)25-14(12-6-3-2-4-7-12)26(11)10-13-8-5-9-27-13/h2-9H,10H2,1H3. The van der Waals surface area contributed by atoms with E-state index < -0.39 is 29.7 Å². The largest absolute Gasteiger partial charge is 0.467 e. The van der Waals surface area contributed by atoms with E-state index in [1.165, 1.54) is 30.5 Å². The minimum Gasteiger partial charge on any atom is -0.467 e. The van der Waals surface area contributed by atoms with E-state index in [2.05, 4.69) is 9.98 Å². The summed E-state index contributed by atoms with van der Waals surface area (Å²) >= 11 is 0.